The molecule has 1 saturated heterocycles. The molecule has 2 heterocycles. The summed E-state index contributed by atoms with van der Waals surface area (Å²) in [6.45, 7) is 2.62. The second-order valence-electron chi connectivity index (χ2n) is 5.12. The van der Waals surface area contributed by atoms with E-state index < -0.39 is 0 Å². The molecule has 0 spiro atoms. The summed E-state index contributed by atoms with van der Waals surface area (Å²) in [6, 6.07) is 6.33. The molecule has 18 heavy (non-hydrogen) atoms. The number of ether oxygens (including phenoxy) is 2. The largest absolute Gasteiger partial charge is 0.489 e. The highest BCUT2D eigenvalue weighted by molar-refractivity contribution is 5.63. The number of fused-ring (bicyclic) bond motifs is 1. The summed E-state index contributed by atoms with van der Waals surface area (Å²) in [5.74, 6) is 0.987. The molecular weight excluding hydrogens is 226 g/mol. The van der Waals surface area contributed by atoms with E-state index in [1.54, 1.807) is 0 Å². The van der Waals surface area contributed by atoms with Crippen molar-refractivity contribution in [1.82, 2.24) is 0 Å². The Balaban J connectivity index is 1.65. The van der Waals surface area contributed by atoms with E-state index in [0.717, 1.165) is 31.7 Å². The Morgan fingerprint density at radius 3 is 3.17 bits per heavy atom. The van der Waals surface area contributed by atoms with Crippen LogP contribution in [0, 0.1) is 0 Å². The zero-order valence-electron chi connectivity index (χ0n) is 10.8. The van der Waals surface area contributed by atoms with E-state index in [1.807, 2.05) is 0 Å². The molecule has 98 valence electrons. The van der Waals surface area contributed by atoms with Crippen molar-refractivity contribution in [3.05, 3.63) is 23.8 Å². The van der Waals surface area contributed by atoms with Crippen molar-refractivity contribution in [3.63, 3.8) is 0 Å². The molecule has 1 aromatic rings. The predicted octanol–water partition coefficient (Wildman–Crippen LogP) is 2.99. The zero-order valence-corrected chi connectivity index (χ0v) is 10.8. The minimum absolute atomic E-state index is 0.276. The third kappa shape index (κ3) is 2.61. The quantitative estimate of drug-likeness (QED) is 0.890. The summed E-state index contributed by atoms with van der Waals surface area (Å²) in [6.07, 6.45) is 6.22. The van der Waals surface area contributed by atoms with Gasteiger partial charge in [-0.25, -0.2) is 0 Å². The summed E-state index contributed by atoms with van der Waals surface area (Å²) in [7, 11) is 0. The van der Waals surface area contributed by atoms with Crippen LogP contribution < -0.4 is 10.1 Å². The number of para-hydroxylation sites is 1. The molecule has 0 saturated carbocycles. The molecule has 0 radical (unpaired) electrons. The minimum atomic E-state index is 0.276. The molecule has 1 aromatic carbocycles. The van der Waals surface area contributed by atoms with E-state index in [4.69, 9.17) is 9.47 Å². The van der Waals surface area contributed by atoms with Crippen LogP contribution in [0.25, 0.3) is 0 Å². The SMILES string of the molecule is c1cc2c(c(OCC3CCCCO3)c1)NCCC2. The zero-order chi connectivity index (χ0) is 12.2. The van der Waals surface area contributed by atoms with Crippen LogP contribution in [0.2, 0.25) is 0 Å². The van der Waals surface area contributed by atoms with Crippen LogP contribution >= 0.6 is 0 Å². The number of hydrogen-bond donors (Lipinski definition) is 1. The highest BCUT2D eigenvalue weighted by atomic mass is 16.5. The molecule has 3 rings (SSSR count). The average Bonchev–Trinajstić information content (AvgIpc) is 2.46. The number of anilines is 1. The van der Waals surface area contributed by atoms with Gasteiger partial charge in [-0.3, -0.25) is 0 Å². The Labute approximate surface area is 108 Å². The summed E-state index contributed by atoms with van der Waals surface area (Å²) in [5, 5.41) is 3.45. The topological polar surface area (TPSA) is 30.5 Å². The lowest BCUT2D eigenvalue weighted by atomic mass is 10.0. The van der Waals surface area contributed by atoms with Gasteiger partial charge in [-0.2, -0.15) is 0 Å². The molecule has 1 fully saturated rings. The molecule has 0 aromatic heterocycles. The first-order chi connectivity index (χ1) is 8.93. The van der Waals surface area contributed by atoms with Gasteiger partial charge in [0.05, 0.1) is 11.8 Å². The van der Waals surface area contributed by atoms with Gasteiger partial charge in [0, 0.05) is 13.2 Å². The van der Waals surface area contributed by atoms with Crippen molar-refractivity contribution in [2.45, 2.75) is 38.2 Å². The van der Waals surface area contributed by atoms with Gasteiger partial charge >= 0.3 is 0 Å². The first-order valence-electron chi connectivity index (χ1n) is 7.03. The first kappa shape index (κ1) is 11.8. The van der Waals surface area contributed by atoms with Crippen LogP contribution in [0.1, 0.15) is 31.2 Å². The summed E-state index contributed by atoms with van der Waals surface area (Å²) in [4.78, 5) is 0. The third-order valence-electron chi connectivity index (χ3n) is 3.74. The van der Waals surface area contributed by atoms with Gasteiger partial charge in [0.2, 0.25) is 0 Å². The van der Waals surface area contributed by atoms with Gasteiger partial charge in [-0.05, 0) is 43.7 Å². The lowest BCUT2D eigenvalue weighted by molar-refractivity contribution is -0.0109. The lowest BCUT2D eigenvalue weighted by Crippen LogP contribution is -2.26. The van der Waals surface area contributed by atoms with E-state index in [1.165, 1.54) is 30.5 Å². The average molecular weight is 247 g/mol. The van der Waals surface area contributed by atoms with Gasteiger partial charge < -0.3 is 14.8 Å². The van der Waals surface area contributed by atoms with Crippen LogP contribution in [0.15, 0.2) is 18.2 Å². The third-order valence-corrected chi connectivity index (χ3v) is 3.74. The Hall–Kier alpha value is -1.22. The Bertz CT molecular complexity index is 399. The fourth-order valence-electron chi connectivity index (χ4n) is 2.72. The first-order valence-corrected chi connectivity index (χ1v) is 7.03. The van der Waals surface area contributed by atoms with Gasteiger partial charge in [-0.15, -0.1) is 0 Å². The van der Waals surface area contributed by atoms with Crippen molar-refractivity contribution >= 4 is 5.69 Å². The summed E-state index contributed by atoms with van der Waals surface area (Å²) in [5.41, 5.74) is 2.57. The molecule has 3 heteroatoms. The van der Waals surface area contributed by atoms with Crippen LogP contribution in [-0.4, -0.2) is 25.9 Å². The number of hydrogen-bond acceptors (Lipinski definition) is 3. The van der Waals surface area contributed by atoms with Gasteiger partial charge in [0.15, 0.2) is 0 Å². The smallest absolute Gasteiger partial charge is 0.142 e. The van der Waals surface area contributed by atoms with Crippen LogP contribution in [0.3, 0.4) is 0 Å². The molecule has 3 nitrogen and oxygen atoms in total. The second kappa shape index (κ2) is 5.61. The molecule has 1 unspecified atom stereocenters. The Morgan fingerprint density at radius 2 is 2.28 bits per heavy atom. The molecule has 0 bridgehead atoms. The van der Waals surface area contributed by atoms with E-state index in [9.17, 15) is 0 Å². The van der Waals surface area contributed by atoms with Gasteiger partial charge in [0.25, 0.3) is 0 Å². The van der Waals surface area contributed by atoms with Gasteiger partial charge in [0.1, 0.15) is 12.4 Å². The minimum Gasteiger partial charge on any atom is -0.489 e. The summed E-state index contributed by atoms with van der Waals surface area (Å²) >= 11 is 0. The van der Waals surface area contributed by atoms with Gasteiger partial charge in [-0.1, -0.05) is 12.1 Å². The maximum atomic E-state index is 5.96. The van der Waals surface area contributed by atoms with Crippen LogP contribution in [0.5, 0.6) is 5.75 Å². The lowest BCUT2D eigenvalue weighted by Gasteiger charge is -2.25. The molecule has 0 aliphatic carbocycles. The predicted molar refractivity (Wildman–Crippen MR) is 72.3 cm³/mol. The monoisotopic (exact) mass is 247 g/mol. The maximum absolute atomic E-state index is 5.96. The molecular formula is C15H21NO2. The van der Waals surface area contributed by atoms with Crippen LogP contribution in [-0.2, 0) is 11.2 Å². The molecule has 1 atom stereocenters. The number of benzene rings is 1. The Kier molecular flexibility index (Phi) is 3.69. The van der Waals surface area contributed by atoms with Crippen molar-refractivity contribution in [2.24, 2.45) is 0 Å². The maximum Gasteiger partial charge on any atom is 0.142 e. The highest BCUT2D eigenvalue weighted by Crippen LogP contribution is 2.32. The molecule has 2 aliphatic heterocycles. The van der Waals surface area contributed by atoms with Crippen molar-refractivity contribution in [1.29, 1.82) is 0 Å². The Morgan fingerprint density at radius 1 is 1.28 bits per heavy atom. The van der Waals surface area contributed by atoms with E-state index >= 15 is 0 Å². The second-order valence-corrected chi connectivity index (χ2v) is 5.12. The highest BCUT2D eigenvalue weighted by Gasteiger charge is 2.17. The molecule has 0 amide bonds. The van der Waals surface area contributed by atoms with E-state index in [-0.39, 0.29) is 6.10 Å². The standard InChI is InChI=1S/C15H21NO2/c1-2-10-17-13(7-1)11-18-14-8-3-5-12-6-4-9-16-15(12)14/h3,5,8,13,16H,1-2,4,6-7,9-11H2. The fraction of sp³-hybridized carbons (Fsp3) is 0.600. The number of rotatable bonds is 3. The van der Waals surface area contributed by atoms with E-state index in [2.05, 4.69) is 23.5 Å². The molecule has 2 aliphatic rings. The number of aryl methyl sites for hydroxylation is 1. The van der Waals surface area contributed by atoms with Crippen molar-refractivity contribution in [3.8, 4) is 5.75 Å². The van der Waals surface area contributed by atoms with Crippen LogP contribution in [0.4, 0.5) is 5.69 Å². The summed E-state index contributed by atoms with van der Waals surface area (Å²) < 4.78 is 11.7. The fourth-order valence-corrected chi connectivity index (χ4v) is 2.72. The number of nitrogens with one attached hydrogen (secondary N) is 1. The normalized spacial score (nSPS) is 23.0. The molecule has 1 N–H and O–H groups in total. The van der Waals surface area contributed by atoms with E-state index in [0.29, 0.717) is 6.61 Å². The van der Waals surface area contributed by atoms with Crippen molar-refractivity contribution in [2.75, 3.05) is 25.1 Å². The van der Waals surface area contributed by atoms with Crippen molar-refractivity contribution < 1.29 is 9.47 Å².